The van der Waals surface area contributed by atoms with Gasteiger partial charge in [0.25, 0.3) is 0 Å². The van der Waals surface area contributed by atoms with Crippen LogP contribution in [0.1, 0.15) is 27.7 Å². The molecule has 0 radical (unpaired) electrons. The number of carbonyl (C=O) groups excluding carboxylic acids is 1. The summed E-state index contributed by atoms with van der Waals surface area (Å²) in [4.78, 5) is 11.5. The quantitative estimate of drug-likeness (QED) is 0.344. The molecule has 16 heavy (non-hydrogen) atoms. The van der Waals surface area contributed by atoms with Crippen molar-refractivity contribution >= 4 is 5.78 Å². The number of allylic oxidation sites excluding steroid dienone is 1. The van der Waals surface area contributed by atoms with Crippen LogP contribution in [-0.2, 0) is 4.79 Å². The Kier molecular flexibility index (Phi) is 6.06. The van der Waals surface area contributed by atoms with Gasteiger partial charge in [0.05, 0.1) is 18.3 Å². The Balaban J connectivity index is 4.68. The predicted molar refractivity (Wildman–Crippen MR) is 63.9 cm³/mol. The Bertz CT molecular complexity index is 262. The van der Waals surface area contributed by atoms with E-state index < -0.39 is 0 Å². The maximum atomic E-state index is 11.5. The van der Waals surface area contributed by atoms with Crippen molar-refractivity contribution < 1.29 is 9.90 Å². The fraction of sp³-hybridized carbons (Fsp3) is 0.727. The van der Waals surface area contributed by atoms with Crippen LogP contribution < -0.4 is 11.6 Å². The highest BCUT2D eigenvalue weighted by Gasteiger charge is 2.18. The van der Waals surface area contributed by atoms with E-state index in [0.29, 0.717) is 0 Å². The van der Waals surface area contributed by atoms with Crippen LogP contribution in [0, 0.1) is 11.8 Å². The van der Waals surface area contributed by atoms with Gasteiger partial charge in [0, 0.05) is 12.1 Å². The first-order chi connectivity index (χ1) is 7.31. The van der Waals surface area contributed by atoms with Gasteiger partial charge in [0.15, 0.2) is 5.78 Å². The summed E-state index contributed by atoms with van der Waals surface area (Å²) in [5, 5.41) is 10.5. The lowest BCUT2D eigenvalue weighted by Gasteiger charge is -2.28. The topological polar surface area (TPSA) is 92.6 Å². The Labute approximate surface area is 97.1 Å². The summed E-state index contributed by atoms with van der Waals surface area (Å²) in [6, 6.07) is -0.237. The number of hydrogen-bond donors (Lipinski definition) is 3. The van der Waals surface area contributed by atoms with Crippen LogP contribution in [0.4, 0.5) is 0 Å². The fourth-order valence-electron chi connectivity index (χ4n) is 1.30. The van der Waals surface area contributed by atoms with E-state index in [-0.39, 0.29) is 36.0 Å². The number of ketones is 1. The van der Waals surface area contributed by atoms with Crippen molar-refractivity contribution in [3.05, 3.63) is 11.9 Å². The minimum atomic E-state index is -0.237. The van der Waals surface area contributed by atoms with E-state index in [1.54, 1.807) is 13.8 Å². The molecule has 0 aliphatic heterocycles. The lowest BCUT2D eigenvalue weighted by Crippen LogP contribution is -2.43. The number of carbonyl (C=O) groups is 1. The largest absolute Gasteiger partial charge is 0.395 e. The van der Waals surface area contributed by atoms with Crippen molar-refractivity contribution in [3.8, 4) is 0 Å². The molecule has 0 aromatic heterocycles. The third kappa shape index (κ3) is 4.20. The highest BCUT2D eigenvalue weighted by molar-refractivity contribution is 5.95. The second-order valence-corrected chi connectivity index (χ2v) is 4.54. The molecule has 5 N–H and O–H groups in total. The minimum absolute atomic E-state index is 0.0756. The minimum Gasteiger partial charge on any atom is -0.395 e. The van der Waals surface area contributed by atoms with E-state index >= 15 is 0 Å². The lowest BCUT2D eigenvalue weighted by atomic mass is 10.0. The first-order valence-electron chi connectivity index (χ1n) is 5.46. The van der Waals surface area contributed by atoms with Crippen LogP contribution in [0.2, 0.25) is 0 Å². The molecule has 0 aliphatic rings. The third-order valence-corrected chi connectivity index (χ3v) is 2.44. The van der Waals surface area contributed by atoms with Gasteiger partial charge in [-0.2, -0.15) is 0 Å². The van der Waals surface area contributed by atoms with Crippen molar-refractivity contribution in [1.29, 1.82) is 0 Å². The highest BCUT2D eigenvalue weighted by atomic mass is 16.3. The normalized spacial score (nSPS) is 14.4. The zero-order chi connectivity index (χ0) is 12.9. The SMILES string of the molecule is CC(C)C(=O)/C(N)=C/N(N)C(CO)C(C)C. The Morgan fingerprint density at radius 3 is 2.19 bits per heavy atom. The van der Waals surface area contributed by atoms with Gasteiger partial charge in [-0.05, 0) is 5.92 Å². The molecule has 0 spiro atoms. The number of hydrogen-bond acceptors (Lipinski definition) is 5. The lowest BCUT2D eigenvalue weighted by molar-refractivity contribution is -0.118. The monoisotopic (exact) mass is 229 g/mol. The van der Waals surface area contributed by atoms with Gasteiger partial charge in [0.2, 0.25) is 0 Å². The number of Topliss-reactive ketones (excluding diaryl/α,β-unsaturated/α-hetero) is 1. The van der Waals surface area contributed by atoms with Gasteiger partial charge in [-0.1, -0.05) is 27.7 Å². The van der Waals surface area contributed by atoms with E-state index in [1.807, 2.05) is 13.8 Å². The average molecular weight is 229 g/mol. The van der Waals surface area contributed by atoms with E-state index in [0.717, 1.165) is 0 Å². The van der Waals surface area contributed by atoms with Crippen molar-refractivity contribution in [2.24, 2.45) is 23.4 Å². The van der Waals surface area contributed by atoms with Crippen molar-refractivity contribution in [1.82, 2.24) is 5.01 Å². The van der Waals surface area contributed by atoms with Crippen molar-refractivity contribution in [3.63, 3.8) is 0 Å². The maximum absolute atomic E-state index is 11.5. The summed E-state index contributed by atoms with van der Waals surface area (Å²) in [6.45, 7) is 7.35. The third-order valence-electron chi connectivity index (χ3n) is 2.44. The number of rotatable bonds is 6. The number of nitrogens with two attached hydrogens (primary N) is 2. The smallest absolute Gasteiger partial charge is 0.182 e. The van der Waals surface area contributed by atoms with E-state index in [1.165, 1.54) is 11.2 Å². The summed E-state index contributed by atoms with van der Waals surface area (Å²) in [7, 11) is 0. The Morgan fingerprint density at radius 1 is 1.38 bits per heavy atom. The summed E-state index contributed by atoms with van der Waals surface area (Å²) in [6.07, 6.45) is 1.39. The van der Waals surface area contributed by atoms with Crippen LogP contribution in [0.15, 0.2) is 11.9 Å². The van der Waals surface area contributed by atoms with Gasteiger partial charge >= 0.3 is 0 Å². The molecule has 0 amide bonds. The molecule has 0 saturated carbocycles. The molecule has 94 valence electrons. The summed E-state index contributed by atoms with van der Waals surface area (Å²) < 4.78 is 0. The van der Waals surface area contributed by atoms with Crippen LogP contribution in [0.5, 0.6) is 0 Å². The summed E-state index contributed by atoms with van der Waals surface area (Å²) in [5.41, 5.74) is 5.74. The average Bonchev–Trinajstić information content (AvgIpc) is 2.16. The number of nitrogens with zero attached hydrogens (tertiary/aromatic N) is 1. The molecular weight excluding hydrogens is 206 g/mol. The molecular formula is C11H23N3O2. The molecule has 0 rings (SSSR count). The Hall–Kier alpha value is -1.07. The molecule has 0 fully saturated rings. The van der Waals surface area contributed by atoms with Crippen LogP contribution in [-0.4, -0.2) is 28.5 Å². The maximum Gasteiger partial charge on any atom is 0.182 e. The van der Waals surface area contributed by atoms with Gasteiger partial charge in [-0.3, -0.25) is 4.79 Å². The molecule has 1 atom stereocenters. The standard InChI is InChI=1S/C11H23N3O2/c1-7(2)10(6-15)14(13)5-9(12)11(16)8(3)4/h5,7-8,10,15H,6,12-13H2,1-4H3/b9-5-. The first kappa shape index (κ1) is 14.9. The van der Waals surface area contributed by atoms with Gasteiger partial charge < -0.3 is 15.8 Å². The number of aliphatic hydroxyl groups excluding tert-OH is 1. The predicted octanol–water partition coefficient (Wildman–Crippen LogP) is 0.204. The molecule has 0 saturated heterocycles. The van der Waals surface area contributed by atoms with Crippen molar-refractivity contribution in [2.75, 3.05) is 6.61 Å². The van der Waals surface area contributed by atoms with E-state index in [9.17, 15) is 4.79 Å². The van der Waals surface area contributed by atoms with Crippen LogP contribution >= 0.6 is 0 Å². The zero-order valence-corrected chi connectivity index (χ0v) is 10.5. The summed E-state index contributed by atoms with van der Waals surface area (Å²) >= 11 is 0. The molecule has 0 aromatic carbocycles. The molecule has 5 heteroatoms. The number of aliphatic hydroxyl groups is 1. The fourth-order valence-corrected chi connectivity index (χ4v) is 1.30. The highest BCUT2D eigenvalue weighted by Crippen LogP contribution is 2.09. The number of hydrazine groups is 1. The molecule has 5 nitrogen and oxygen atoms in total. The van der Waals surface area contributed by atoms with Gasteiger partial charge in [-0.25, -0.2) is 5.84 Å². The molecule has 0 heterocycles. The zero-order valence-electron chi connectivity index (χ0n) is 10.5. The second kappa shape index (κ2) is 6.50. The summed E-state index contributed by atoms with van der Waals surface area (Å²) in [5.74, 6) is 5.61. The molecule has 1 unspecified atom stereocenters. The van der Waals surface area contributed by atoms with Crippen LogP contribution in [0.25, 0.3) is 0 Å². The Morgan fingerprint density at radius 2 is 1.88 bits per heavy atom. The van der Waals surface area contributed by atoms with Gasteiger partial charge in [0.1, 0.15) is 0 Å². The molecule has 0 aromatic rings. The van der Waals surface area contributed by atoms with Crippen molar-refractivity contribution in [2.45, 2.75) is 33.7 Å². The molecule has 0 aliphatic carbocycles. The van der Waals surface area contributed by atoms with E-state index in [4.69, 9.17) is 16.7 Å². The second-order valence-electron chi connectivity index (χ2n) is 4.54. The first-order valence-corrected chi connectivity index (χ1v) is 5.46. The van der Waals surface area contributed by atoms with Gasteiger partial charge in [-0.15, -0.1) is 0 Å². The van der Waals surface area contributed by atoms with Crippen LogP contribution in [0.3, 0.4) is 0 Å². The van der Waals surface area contributed by atoms with E-state index in [2.05, 4.69) is 0 Å². The molecule has 0 bridgehead atoms.